The minimum Gasteiger partial charge on any atom is -0.462 e. The van der Waals surface area contributed by atoms with Crippen LogP contribution in [0.4, 0.5) is 0 Å². The van der Waals surface area contributed by atoms with Gasteiger partial charge in [0.2, 0.25) is 0 Å². The molecular weight excluding hydrogens is 408 g/mol. The van der Waals surface area contributed by atoms with Gasteiger partial charge < -0.3 is 4.74 Å². The maximum Gasteiger partial charge on any atom is 0.306 e. The highest BCUT2D eigenvalue weighted by Crippen LogP contribution is 2.66. The Morgan fingerprint density at radius 3 is 2.42 bits per heavy atom. The molecule has 4 aliphatic rings. The van der Waals surface area contributed by atoms with E-state index in [1.165, 1.54) is 32.1 Å². The lowest BCUT2D eigenvalue weighted by Gasteiger charge is -2.60. The van der Waals surface area contributed by atoms with Crippen LogP contribution in [0.1, 0.15) is 140 Å². The van der Waals surface area contributed by atoms with Gasteiger partial charge >= 0.3 is 5.97 Å². The quantitative estimate of drug-likeness (QED) is 0.244. The highest BCUT2D eigenvalue weighted by molar-refractivity contribution is 5.79. The summed E-state index contributed by atoms with van der Waals surface area (Å²) in [6.07, 6.45) is 12.1. The number of carbonyl (C=O) groups is 2. The molecule has 3 heteroatoms. The van der Waals surface area contributed by atoms with E-state index in [4.69, 9.17) is 7.48 Å². The van der Waals surface area contributed by atoms with Crippen LogP contribution in [0.25, 0.3) is 0 Å². The number of ether oxygens (including phenoxy) is 1. The minimum absolute atomic E-state index is 0.0510. The molecule has 33 heavy (non-hydrogen) atoms. The Morgan fingerprint density at radius 1 is 0.970 bits per heavy atom. The molecule has 188 valence electrons. The van der Waals surface area contributed by atoms with Crippen LogP contribution >= 0.6 is 0 Å². The van der Waals surface area contributed by atoms with Crippen LogP contribution in [0.3, 0.4) is 0 Å². The van der Waals surface area contributed by atoms with Crippen LogP contribution in [-0.2, 0) is 14.3 Å². The first-order valence-corrected chi connectivity index (χ1v) is 14.2. The molecule has 0 aliphatic heterocycles. The van der Waals surface area contributed by atoms with E-state index in [1.807, 2.05) is 6.92 Å². The molecule has 0 aromatic heterocycles. The average molecular weight is 462 g/mol. The standard InChI is InChI=1S/C30H50O3/c1-4-5-6-7-8-9-10-11-12-28(32)33-27-16-15-25-24-14-13-22-21-23(31)17-19-29(22,2)26(24)18-20-30(25,27)3/h22,24-27H,4-21H2,1-3H3/t22-,24-,25-,26-,27-,29-,30-/m1/s1/i16D2,27D. The van der Waals surface area contributed by atoms with Gasteiger partial charge in [-0.25, -0.2) is 0 Å². The van der Waals surface area contributed by atoms with Crippen LogP contribution in [-0.4, -0.2) is 17.8 Å². The summed E-state index contributed by atoms with van der Waals surface area (Å²) in [5, 5.41) is 0. The fourth-order valence-corrected chi connectivity index (χ4v) is 8.15. The molecule has 0 spiro atoms. The summed E-state index contributed by atoms with van der Waals surface area (Å²) in [6.45, 7) is 6.63. The summed E-state index contributed by atoms with van der Waals surface area (Å²) in [6, 6.07) is 0. The number of rotatable bonds is 10. The van der Waals surface area contributed by atoms with Gasteiger partial charge in [-0.15, -0.1) is 0 Å². The zero-order valence-corrected chi connectivity index (χ0v) is 21.6. The first-order valence-electron chi connectivity index (χ1n) is 15.7. The third-order valence-corrected chi connectivity index (χ3v) is 10.3. The van der Waals surface area contributed by atoms with Gasteiger partial charge in [-0.1, -0.05) is 65.7 Å². The zero-order valence-electron chi connectivity index (χ0n) is 24.6. The normalized spacial score (nSPS) is 45.2. The van der Waals surface area contributed by atoms with Crippen molar-refractivity contribution in [2.75, 3.05) is 0 Å². The number of fused-ring (bicyclic) bond motifs is 5. The van der Waals surface area contributed by atoms with E-state index in [0.717, 1.165) is 51.4 Å². The van der Waals surface area contributed by atoms with Crippen molar-refractivity contribution in [1.82, 2.24) is 0 Å². The Hall–Kier alpha value is -0.860. The van der Waals surface area contributed by atoms with E-state index in [9.17, 15) is 11.0 Å². The second-order valence-corrected chi connectivity index (χ2v) is 12.3. The molecule has 0 unspecified atom stereocenters. The van der Waals surface area contributed by atoms with Gasteiger partial charge in [-0.05, 0) is 80.4 Å². The molecule has 7 atom stereocenters. The third kappa shape index (κ3) is 5.22. The molecule has 4 aliphatic carbocycles. The summed E-state index contributed by atoms with van der Waals surface area (Å²) >= 11 is 0. The Kier molecular flexibility index (Phi) is 7.02. The van der Waals surface area contributed by atoms with Crippen LogP contribution in [0.15, 0.2) is 0 Å². The van der Waals surface area contributed by atoms with E-state index in [1.54, 1.807) is 0 Å². The number of hydrogen-bond donors (Lipinski definition) is 0. The molecular formula is C30H50O3. The van der Waals surface area contributed by atoms with Gasteiger partial charge in [0.15, 0.2) is 0 Å². The number of esters is 1. The Bertz CT molecular complexity index is 815. The first kappa shape index (κ1) is 21.4. The van der Waals surface area contributed by atoms with Crippen molar-refractivity contribution in [1.29, 1.82) is 0 Å². The molecule has 4 fully saturated rings. The molecule has 0 aromatic carbocycles. The topological polar surface area (TPSA) is 43.4 Å². The fraction of sp³-hybridized carbons (Fsp3) is 0.933. The van der Waals surface area contributed by atoms with Crippen molar-refractivity contribution in [3.63, 3.8) is 0 Å². The SMILES string of the molecule is [2H]C1([2H])C[C@@H]2[C@H]3CC[C@@H]4CC(=O)CC[C@@]4(C)[C@@H]3CC[C@@]2(C)[C@]1([2H])OC(=O)CCCCCCCCCC. The van der Waals surface area contributed by atoms with Gasteiger partial charge in [0, 0.05) is 27.4 Å². The molecule has 0 bridgehead atoms. The lowest BCUT2D eigenvalue weighted by Crippen LogP contribution is -2.54. The fourth-order valence-electron chi connectivity index (χ4n) is 8.15. The van der Waals surface area contributed by atoms with Crippen molar-refractivity contribution >= 4 is 11.8 Å². The summed E-state index contributed by atoms with van der Waals surface area (Å²) in [5.74, 6) is 1.34. The van der Waals surface area contributed by atoms with E-state index in [2.05, 4.69) is 13.8 Å². The Balaban J connectivity index is 1.39. The summed E-state index contributed by atoms with van der Waals surface area (Å²) < 4.78 is 33.0. The lowest BCUT2D eigenvalue weighted by atomic mass is 9.45. The van der Waals surface area contributed by atoms with Gasteiger partial charge in [-0.2, -0.15) is 0 Å². The van der Waals surface area contributed by atoms with Crippen molar-refractivity contribution in [2.24, 2.45) is 34.5 Å². The summed E-state index contributed by atoms with van der Waals surface area (Å²) in [4.78, 5) is 25.1. The van der Waals surface area contributed by atoms with Crippen LogP contribution < -0.4 is 0 Å². The number of Topliss-reactive ketones (excluding diaryl/α,β-unsaturated/α-hetero) is 1. The minimum atomic E-state index is -1.85. The molecule has 0 radical (unpaired) electrons. The molecule has 3 nitrogen and oxygen atoms in total. The Labute approximate surface area is 207 Å². The number of hydrogen-bond acceptors (Lipinski definition) is 3. The van der Waals surface area contributed by atoms with Crippen molar-refractivity contribution < 1.29 is 18.4 Å². The molecule has 4 rings (SSSR count). The van der Waals surface area contributed by atoms with Crippen molar-refractivity contribution in [2.45, 2.75) is 142 Å². The summed E-state index contributed by atoms with van der Waals surface area (Å²) in [5.41, 5.74) is -0.522. The maximum absolute atomic E-state index is 12.9. The molecule has 0 aromatic rings. The second kappa shape index (κ2) is 10.8. The van der Waals surface area contributed by atoms with Crippen molar-refractivity contribution in [3.05, 3.63) is 0 Å². The average Bonchev–Trinajstić information content (AvgIpc) is 2.98. The highest BCUT2D eigenvalue weighted by atomic mass is 16.5. The van der Waals surface area contributed by atoms with E-state index in [-0.39, 0.29) is 17.8 Å². The van der Waals surface area contributed by atoms with Gasteiger partial charge in [0.05, 0.1) is 1.37 Å². The smallest absolute Gasteiger partial charge is 0.306 e. The third-order valence-electron chi connectivity index (χ3n) is 10.3. The van der Waals surface area contributed by atoms with Crippen molar-refractivity contribution in [3.8, 4) is 0 Å². The largest absolute Gasteiger partial charge is 0.462 e. The second-order valence-electron chi connectivity index (χ2n) is 12.3. The van der Waals surface area contributed by atoms with Gasteiger partial charge in [-0.3, -0.25) is 9.59 Å². The molecule has 0 heterocycles. The monoisotopic (exact) mass is 461 g/mol. The van der Waals surface area contributed by atoms with Crippen LogP contribution in [0.2, 0.25) is 0 Å². The molecule has 4 saturated carbocycles. The number of unbranched alkanes of at least 4 members (excludes halogenated alkanes) is 7. The Morgan fingerprint density at radius 2 is 1.67 bits per heavy atom. The first-order chi connectivity index (χ1) is 17.0. The summed E-state index contributed by atoms with van der Waals surface area (Å²) in [7, 11) is 0. The van der Waals surface area contributed by atoms with Gasteiger partial charge in [0.25, 0.3) is 0 Å². The molecule has 0 saturated heterocycles. The zero-order chi connectivity index (χ0) is 26.2. The number of ketones is 1. The lowest BCUT2D eigenvalue weighted by molar-refractivity contribution is -0.164. The molecule has 0 N–H and O–H groups in total. The van der Waals surface area contributed by atoms with Crippen LogP contribution in [0, 0.1) is 34.5 Å². The van der Waals surface area contributed by atoms with Gasteiger partial charge in [0.1, 0.15) is 11.9 Å². The van der Waals surface area contributed by atoms with E-state index < -0.39 is 23.8 Å². The highest BCUT2D eigenvalue weighted by Gasteiger charge is 2.61. The van der Waals surface area contributed by atoms with Crippen LogP contribution in [0.5, 0.6) is 0 Å². The number of carbonyl (C=O) groups excluding carboxylic acids is 2. The predicted molar refractivity (Wildman–Crippen MR) is 134 cm³/mol. The van der Waals surface area contributed by atoms with E-state index >= 15 is 0 Å². The molecule has 0 amide bonds. The van der Waals surface area contributed by atoms with E-state index in [0.29, 0.717) is 42.8 Å². The maximum atomic E-state index is 12.9. The predicted octanol–water partition coefficient (Wildman–Crippen LogP) is 8.04.